The molecule has 0 saturated carbocycles. The third kappa shape index (κ3) is 2.92. The van der Waals surface area contributed by atoms with Crippen molar-refractivity contribution in [2.24, 2.45) is 0 Å². The van der Waals surface area contributed by atoms with Crippen LogP contribution in [0.5, 0.6) is 5.75 Å². The van der Waals surface area contributed by atoms with E-state index in [4.69, 9.17) is 4.63 Å². The van der Waals surface area contributed by atoms with Crippen molar-refractivity contribution in [1.82, 2.24) is 20.3 Å². The van der Waals surface area contributed by atoms with Gasteiger partial charge in [-0.3, -0.25) is 0 Å². The first-order valence-electron chi connectivity index (χ1n) is 7.59. The highest BCUT2D eigenvalue weighted by molar-refractivity contribution is 5.80. The smallest absolute Gasteiger partial charge is 0.245 e. The van der Waals surface area contributed by atoms with Crippen LogP contribution < -0.4 is 10.6 Å². The average molecular weight is 334 g/mol. The van der Waals surface area contributed by atoms with E-state index in [0.717, 1.165) is 11.3 Å². The number of aromatic hydroxyl groups is 1. The Morgan fingerprint density at radius 3 is 2.00 bits per heavy atom. The van der Waals surface area contributed by atoms with Gasteiger partial charge >= 0.3 is 0 Å². The standard InChI is InChI=1S/C17H14N6O2/c1-10-6-2-3-7-11(10)18-14-15(19-12-8-4-5-9-13(12)24)21-17-16(20-14)22-25-23-17/h2-9,24H,1H3,(H,18,20,22)(H,19,21,23). The number of para-hydroxylation sites is 3. The summed E-state index contributed by atoms with van der Waals surface area (Å²) in [6.45, 7) is 1.99. The Morgan fingerprint density at radius 1 is 0.800 bits per heavy atom. The van der Waals surface area contributed by atoms with E-state index in [0.29, 0.717) is 23.0 Å². The van der Waals surface area contributed by atoms with Gasteiger partial charge in [-0.25, -0.2) is 14.6 Å². The third-order valence-electron chi connectivity index (χ3n) is 3.67. The zero-order valence-corrected chi connectivity index (χ0v) is 13.3. The topological polar surface area (TPSA) is 109 Å². The molecule has 2 heterocycles. The predicted molar refractivity (Wildman–Crippen MR) is 93.2 cm³/mol. The minimum absolute atomic E-state index is 0.101. The maximum absolute atomic E-state index is 9.99. The summed E-state index contributed by atoms with van der Waals surface area (Å²) >= 11 is 0. The summed E-state index contributed by atoms with van der Waals surface area (Å²) in [7, 11) is 0. The molecule has 0 fully saturated rings. The molecule has 2 aromatic heterocycles. The molecule has 8 nitrogen and oxygen atoms in total. The van der Waals surface area contributed by atoms with Crippen molar-refractivity contribution in [3.05, 3.63) is 54.1 Å². The van der Waals surface area contributed by atoms with E-state index in [-0.39, 0.29) is 11.4 Å². The van der Waals surface area contributed by atoms with Crippen LogP contribution in [0, 0.1) is 6.92 Å². The molecule has 4 aromatic rings. The summed E-state index contributed by atoms with van der Waals surface area (Å²) < 4.78 is 4.69. The van der Waals surface area contributed by atoms with Crippen molar-refractivity contribution in [3.63, 3.8) is 0 Å². The van der Waals surface area contributed by atoms with Gasteiger partial charge in [-0.2, -0.15) is 0 Å². The molecule has 0 saturated heterocycles. The van der Waals surface area contributed by atoms with Crippen molar-refractivity contribution < 1.29 is 9.74 Å². The lowest BCUT2D eigenvalue weighted by molar-refractivity contribution is 0.314. The number of nitrogens with zero attached hydrogens (tertiary/aromatic N) is 4. The fourth-order valence-electron chi connectivity index (χ4n) is 2.36. The number of phenolic OH excluding ortho intramolecular Hbond substituents is 1. The molecular weight excluding hydrogens is 320 g/mol. The van der Waals surface area contributed by atoms with Crippen molar-refractivity contribution in [1.29, 1.82) is 0 Å². The summed E-state index contributed by atoms with van der Waals surface area (Å²) in [5.41, 5.74) is 3.00. The third-order valence-corrected chi connectivity index (χ3v) is 3.67. The SMILES string of the molecule is Cc1ccccc1Nc1nc2nonc2nc1Nc1ccccc1O. The van der Waals surface area contributed by atoms with E-state index < -0.39 is 0 Å². The molecule has 8 heteroatoms. The maximum Gasteiger partial charge on any atom is 0.245 e. The van der Waals surface area contributed by atoms with Crippen molar-refractivity contribution >= 4 is 34.3 Å². The Balaban J connectivity index is 1.78. The lowest BCUT2D eigenvalue weighted by Gasteiger charge is -2.13. The summed E-state index contributed by atoms with van der Waals surface area (Å²) in [5, 5.41) is 23.7. The molecule has 0 atom stereocenters. The lowest BCUT2D eigenvalue weighted by atomic mass is 10.2. The number of rotatable bonds is 4. The fraction of sp³-hybridized carbons (Fsp3) is 0.0588. The number of fused-ring (bicyclic) bond motifs is 1. The minimum Gasteiger partial charge on any atom is -0.506 e. The van der Waals surface area contributed by atoms with E-state index in [2.05, 4.69) is 30.9 Å². The van der Waals surface area contributed by atoms with Gasteiger partial charge < -0.3 is 15.7 Å². The summed E-state index contributed by atoms with van der Waals surface area (Å²) in [4.78, 5) is 8.80. The zero-order chi connectivity index (χ0) is 17.2. The normalized spacial score (nSPS) is 10.8. The van der Waals surface area contributed by atoms with Crippen molar-refractivity contribution in [3.8, 4) is 5.75 Å². The first kappa shape index (κ1) is 14.9. The molecule has 0 radical (unpaired) electrons. The Labute approximate surface area is 142 Å². The molecule has 124 valence electrons. The molecule has 0 amide bonds. The molecule has 25 heavy (non-hydrogen) atoms. The summed E-state index contributed by atoms with van der Waals surface area (Å²) in [5.74, 6) is 0.943. The number of hydrogen-bond acceptors (Lipinski definition) is 8. The first-order valence-corrected chi connectivity index (χ1v) is 7.59. The van der Waals surface area contributed by atoms with Crippen LogP contribution in [0.3, 0.4) is 0 Å². The number of aromatic nitrogens is 4. The van der Waals surface area contributed by atoms with Crippen LogP contribution in [-0.4, -0.2) is 25.4 Å². The quantitative estimate of drug-likeness (QED) is 0.486. The van der Waals surface area contributed by atoms with E-state index >= 15 is 0 Å². The molecule has 0 aliphatic heterocycles. The van der Waals surface area contributed by atoms with Gasteiger partial charge in [-0.05, 0) is 41.0 Å². The van der Waals surface area contributed by atoms with Crippen molar-refractivity contribution in [2.45, 2.75) is 6.92 Å². The molecule has 0 aliphatic carbocycles. The molecule has 0 bridgehead atoms. The van der Waals surface area contributed by atoms with Gasteiger partial charge in [0.1, 0.15) is 5.75 Å². The largest absolute Gasteiger partial charge is 0.506 e. The van der Waals surface area contributed by atoms with Crippen molar-refractivity contribution in [2.75, 3.05) is 10.6 Å². The molecule has 3 N–H and O–H groups in total. The molecule has 4 rings (SSSR count). The van der Waals surface area contributed by atoms with Crippen LogP contribution in [0.2, 0.25) is 0 Å². The van der Waals surface area contributed by atoms with Gasteiger partial charge in [-0.1, -0.05) is 30.3 Å². The maximum atomic E-state index is 9.99. The second-order valence-electron chi connectivity index (χ2n) is 5.41. The van der Waals surface area contributed by atoms with E-state index in [1.165, 1.54) is 0 Å². The molecule has 0 aliphatic rings. The Morgan fingerprint density at radius 2 is 1.36 bits per heavy atom. The number of anilines is 4. The summed E-state index contributed by atoms with van der Waals surface area (Å²) in [6, 6.07) is 14.7. The van der Waals surface area contributed by atoms with Gasteiger partial charge in [0.2, 0.25) is 11.3 Å². The number of benzene rings is 2. The van der Waals surface area contributed by atoms with Crippen LogP contribution in [0.25, 0.3) is 11.3 Å². The lowest BCUT2D eigenvalue weighted by Crippen LogP contribution is -2.04. The Hall–Kier alpha value is -3.68. The Bertz CT molecular complexity index is 965. The number of phenols is 1. The Kier molecular flexibility index (Phi) is 3.62. The summed E-state index contributed by atoms with van der Waals surface area (Å²) in [6.07, 6.45) is 0. The molecule has 0 spiro atoms. The van der Waals surface area contributed by atoms with E-state index in [9.17, 15) is 5.11 Å². The average Bonchev–Trinajstić information content (AvgIpc) is 3.06. The van der Waals surface area contributed by atoms with E-state index in [1.54, 1.807) is 24.3 Å². The highest BCUT2D eigenvalue weighted by Crippen LogP contribution is 2.31. The van der Waals surface area contributed by atoms with E-state index in [1.807, 2.05) is 31.2 Å². The second-order valence-corrected chi connectivity index (χ2v) is 5.41. The number of aryl methyl sites for hydroxylation is 1. The molecular formula is C17H14N6O2. The van der Waals surface area contributed by atoms with Gasteiger partial charge in [0.15, 0.2) is 11.6 Å². The van der Waals surface area contributed by atoms with Gasteiger partial charge in [0, 0.05) is 5.69 Å². The highest BCUT2D eigenvalue weighted by Gasteiger charge is 2.15. The monoisotopic (exact) mass is 334 g/mol. The van der Waals surface area contributed by atoms with Gasteiger partial charge in [-0.15, -0.1) is 0 Å². The zero-order valence-electron chi connectivity index (χ0n) is 13.3. The molecule has 2 aromatic carbocycles. The second kappa shape index (κ2) is 6.08. The van der Waals surface area contributed by atoms with Crippen LogP contribution >= 0.6 is 0 Å². The van der Waals surface area contributed by atoms with Gasteiger partial charge in [0.05, 0.1) is 5.69 Å². The van der Waals surface area contributed by atoms with Crippen LogP contribution in [0.1, 0.15) is 5.56 Å². The highest BCUT2D eigenvalue weighted by atomic mass is 16.6. The predicted octanol–water partition coefficient (Wildman–Crippen LogP) is 3.51. The van der Waals surface area contributed by atoms with Gasteiger partial charge in [0.25, 0.3) is 0 Å². The fourth-order valence-corrected chi connectivity index (χ4v) is 2.36. The van der Waals surface area contributed by atoms with Crippen LogP contribution in [-0.2, 0) is 0 Å². The minimum atomic E-state index is 0.101. The number of nitrogens with one attached hydrogen (secondary N) is 2. The first-order chi connectivity index (χ1) is 12.2. The molecule has 0 unspecified atom stereocenters. The number of hydrogen-bond donors (Lipinski definition) is 3. The van der Waals surface area contributed by atoms with Crippen LogP contribution in [0.4, 0.5) is 23.0 Å². The van der Waals surface area contributed by atoms with Crippen LogP contribution in [0.15, 0.2) is 53.2 Å².